The van der Waals surface area contributed by atoms with Crippen LogP contribution < -0.4 is 10.1 Å². The fourth-order valence-corrected chi connectivity index (χ4v) is 2.75. The number of phenols is 1. The molecule has 4 heteroatoms. The lowest BCUT2D eigenvalue weighted by Crippen LogP contribution is -2.36. The quantitative estimate of drug-likeness (QED) is 0.837. The summed E-state index contributed by atoms with van der Waals surface area (Å²) in [4.78, 5) is 2.50. The van der Waals surface area contributed by atoms with Crippen LogP contribution in [0, 0.1) is 5.92 Å². The van der Waals surface area contributed by atoms with Gasteiger partial charge in [-0.3, -0.25) is 0 Å². The Labute approximate surface area is 121 Å². The number of benzene rings is 1. The number of hydrogen-bond acceptors (Lipinski definition) is 4. The molecule has 1 aromatic rings. The van der Waals surface area contributed by atoms with Crippen LogP contribution in [0.4, 0.5) is 0 Å². The Morgan fingerprint density at radius 1 is 1.35 bits per heavy atom. The zero-order chi connectivity index (χ0) is 14.4. The molecule has 1 fully saturated rings. The molecule has 0 radical (unpaired) electrons. The summed E-state index contributed by atoms with van der Waals surface area (Å²) < 4.78 is 5.19. The molecule has 0 bridgehead atoms. The summed E-state index contributed by atoms with van der Waals surface area (Å²) >= 11 is 0. The fourth-order valence-electron chi connectivity index (χ4n) is 2.75. The first kappa shape index (κ1) is 15.1. The van der Waals surface area contributed by atoms with E-state index in [4.69, 9.17) is 4.74 Å². The van der Waals surface area contributed by atoms with Gasteiger partial charge in [0.15, 0.2) is 0 Å². The summed E-state index contributed by atoms with van der Waals surface area (Å²) in [6.07, 6.45) is 2.54. The monoisotopic (exact) mass is 278 g/mol. The van der Waals surface area contributed by atoms with Crippen molar-refractivity contribution in [2.45, 2.75) is 26.3 Å². The minimum absolute atomic E-state index is 0.333. The van der Waals surface area contributed by atoms with Crippen molar-refractivity contribution in [1.82, 2.24) is 10.2 Å². The molecule has 1 aliphatic heterocycles. The molecular weight excluding hydrogens is 252 g/mol. The molecule has 1 saturated heterocycles. The summed E-state index contributed by atoms with van der Waals surface area (Å²) in [5, 5.41) is 13.3. The Kier molecular flexibility index (Phi) is 5.68. The molecule has 0 aromatic heterocycles. The highest BCUT2D eigenvalue weighted by Crippen LogP contribution is 2.23. The van der Waals surface area contributed by atoms with E-state index in [-0.39, 0.29) is 0 Å². The van der Waals surface area contributed by atoms with Gasteiger partial charge in [-0.1, -0.05) is 6.92 Å². The van der Waals surface area contributed by atoms with Crippen LogP contribution in [0.5, 0.6) is 11.5 Å². The van der Waals surface area contributed by atoms with Crippen LogP contribution in [-0.2, 0) is 6.54 Å². The van der Waals surface area contributed by atoms with Crippen LogP contribution in [-0.4, -0.2) is 43.3 Å². The van der Waals surface area contributed by atoms with Crippen molar-refractivity contribution in [3.8, 4) is 11.5 Å². The second-order valence-electron chi connectivity index (χ2n) is 5.50. The molecule has 4 nitrogen and oxygen atoms in total. The van der Waals surface area contributed by atoms with Crippen molar-refractivity contribution in [3.05, 3.63) is 23.8 Å². The lowest BCUT2D eigenvalue weighted by atomic mass is 9.97. The van der Waals surface area contributed by atoms with E-state index in [0.717, 1.165) is 30.3 Å². The number of aromatic hydroxyl groups is 1. The molecule has 0 aliphatic carbocycles. The molecule has 112 valence electrons. The van der Waals surface area contributed by atoms with Gasteiger partial charge < -0.3 is 20.1 Å². The van der Waals surface area contributed by atoms with Crippen LogP contribution in [0.15, 0.2) is 18.2 Å². The molecular formula is C16H26N2O2. The maximum Gasteiger partial charge on any atom is 0.120 e. The third-order valence-electron chi connectivity index (χ3n) is 4.19. The van der Waals surface area contributed by atoms with Crippen LogP contribution in [0.3, 0.4) is 0 Å². The van der Waals surface area contributed by atoms with Gasteiger partial charge in [0.2, 0.25) is 0 Å². The first-order chi connectivity index (χ1) is 9.72. The molecule has 2 N–H and O–H groups in total. The van der Waals surface area contributed by atoms with Gasteiger partial charge in [0.25, 0.3) is 0 Å². The number of nitrogens with one attached hydrogen (secondary N) is 1. The zero-order valence-electron chi connectivity index (χ0n) is 12.6. The third-order valence-corrected chi connectivity index (χ3v) is 4.19. The average Bonchev–Trinajstić information content (AvgIpc) is 2.50. The van der Waals surface area contributed by atoms with Gasteiger partial charge in [0.1, 0.15) is 11.5 Å². The number of phenolic OH excluding ortho intramolecular Hbond substituents is 1. The molecule has 0 atom stereocenters. The first-order valence-electron chi connectivity index (χ1n) is 7.52. The van der Waals surface area contributed by atoms with E-state index >= 15 is 0 Å². The molecule has 0 amide bonds. The highest BCUT2D eigenvalue weighted by atomic mass is 16.5. The molecule has 0 saturated carbocycles. The largest absolute Gasteiger partial charge is 0.508 e. The van der Waals surface area contributed by atoms with Crippen molar-refractivity contribution < 1.29 is 9.84 Å². The van der Waals surface area contributed by atoms with Crippen molar-refractivity contribution >= 4 is 0 Å². The van der Waals surface area contributed by atoms with Gasteiger partial charge in [-0.15, -0.1) is 0 Å². The molecule has 1 aromatic carbocycles. The van der Waals surface area contributed by atoms with Crippen molar-refractivity contribution in [1.29, 1.82) is 0 Å². The predicted molar refractivity (Wildman–Crippen MR) is 81.2 cm³/mol. The number of piperidine rings is 1. The topological polar surface area (TPSA) is 44.7 Å². The third kappa shape index (κ3) is 4.12. The number of rotatable bonds is 6. The lowest BCUT2D eigenvalue weighted by Gasteiger charge is -2.31. The van der Waals surface area contributed by atoms with Crippen molar-refractivity contribution in [2.75, 3.05) is 33.3 Å². The van der Waals surface area contributed by atoms with Crippen molar-refractivity contribution in [2.24, 2.45) is 5.92 Å². The highest BCUT2D eigenvalue weighted by Gasteiger charge is 2.17. The number of hydrogen-bond donors (Lipinski definition) is 2. The van der Waals surface area contributed by atoms with Crippen LogP contribution in [0.25, 0.3) is 0 Å². The van der Waals surface area contributed by atoms with E-state index in [1.165, 1.54) is 25.9 Å². The smallest absolute Gasteiger partial charge is 0.120 e. The Morgan fingerprint density at radius 2 is 2.10 bits per heavy atom. The van der Waals surface area contributed by atoms with Gasteiger partial charge in [-0.2, -0.15) is 0 Å². The summed E-state index contributed by atoms with van der Waals surface area (Å²) in [6, 6.07) is 5.36. The molecule has 2 rings (SSSR count). The van der Waals surface area contributed by atoms with E-state index in [9.17, 15) is 5.11 Å². The predicted octanol–water partition coefficient (Wildman–Crippen LogP) is 2.22. The van der Waals surface area contributed by atoms with Crippen LogP contribution in [0.2, 0.25) is 0 Å². The number of nitrogens with zero attached hydrogens (tertiary/aromatic N) is 1. The molecule has 20 heavy (non-hydrogen) atoms. The highest BCUT2D eigenvalue weighted by molar-refractivity contribution is 5.39. The van der Waals surface area contributed by atoms with E-state index in [1.807, 2.05) is 6.07 Å². The SMILES string of the molecule is CCN1CCC(CNCc2cc(OC)ccc2O)CC1. The van der Waals surface area contributed by atoms with E-state index < -0.39 is 0 Å². The van der Waals surface area contributed by atoms with E-state index in [2.05, 4.69) is 17.1 Å². The Hall–Kier alpha value is -1.26. The second kappa shape index (κ2) is 7.50. The van der Waals surface area contributed by atoms with Gasteiger partial charge in [-0.05, 0) is 63.1 Å². The molecule has 1 aliphatic rings. The zero-order valence-corrected chi connectivity index (χ0v) is 12.6. The average molecular weight is 278 g/mol. The Bertz CT molecular complexity index is 415. The minimum atomic E-state index is 0.333. The normalized spacial score (nSPS) is 17.3. The van der Waals surface area contributed by atoms with Gasteiger partial charge in [0, 0.05) is 12.1 Å². The van der Waals surface area contributed by atoms with Gasteiger partial charge in [-0.25, -0.2) is 0 Å². The number of methoxy groups -OCH3 is 1. The molecule has 1 heterocycles. The number of likely N-dealkylation sites (tertiary alicyclic amines) is 1. The molecule has 0 spiro atoms. The van der Waals surface area contributed by atoms with E-state index in [0.29, 0.717) is 12.3 Å². The van der Waals surface area contributed by atoms with E-state index in [1.54, 1.807) is 19.2 Å². The summed E-state index contributed by atoms with van der Waals surface area (Å²) in [5.74, 6) is 1.88. The van der Waals surface area contributed by atoms with Gasteiger partial charge >= 0.3 is 0 Å². The first-order valence-corrected chi connectivity index (χ1v) is 7.52. The van der Waals surface area contributed by atoms with Crippen molar-refractivity contribution in [3.63, 3.8) is 0 Å². The Morgan fingerprint density at radius 3 is 2.75 bits per heavy atom. The lowest BCUT2D eigenvalue weighted by molar-refractivity contribution is 0.190. The summed E-state index contributed by atoms with van der Waals surface area (Å²) in [7, 11) is 1.64. The maximum atomic E-state index is 9.83. The molecule has 0 unspecified atom stereocenters. The minimum Gasteiger partial charge on any atom is -0.508 e. The number of ether oxygens (including phenoxy) is 1. The Balaban J connectivity index is 1.76. The maximum absolute atomic E-state index is 9.83. The van der Waals surface area contributed by atoms with Gasteiger partial charge in [0.05, 0.1) is 7.11 Å². The summed E-state index contributed by atoms with van der Waals surface area (Å²) in [6.45, 7) is 7.54. The van der Waals surface area contributed by atoms with Crippen LogP contribution in [0.1, 0.15) is 25.3 Å². The summed E-state index contributed by atoms with van der Waals surface area (Å²) in [5.41, 5.74) is 0.898. The fraction of sp³-hybridized carbons (Fsp3) is 0.625. The standard InChI is InChI=1S/C16H26N2O2/c1-3-18-8-6-13(7-9-18)11-17-12-14-10-15(20-2)4-5-16(14)19/h4-5,10,13,17,19H,3,6-9,11-12H2,1-2H3. The van der Waals surface area contributed by atoms with Crippen LogP contribution >= 0.6 is 0 Å². The second-order valence-corrected chi connectivity index (χ2v) is 5.50.